The van der Waals surface area contributed by atoms with Crippen molar-refractivity contribution in [3.05, 3.63) is 40.7 Å². The van der Waals surface area contributed by atoms with E-state index in [1.165, 1.54) is 11.3 Å². The summed E-state index contributed by atoms with van der Waals surface area (Å²) in [6, 6.07) is 5.76. The zero-order valence-corrected chi connectivity index (χ0v) is 20.7. The number of rotatable bonds is 8. The molecule has 0 bridgehead atoms. The predicted octanol–water partition coefficient (Wildman–Crippen LogP) is 4.79. The van der Waals surface area contributed by atoms with Crippen LogP contribution in [0, 0.1) is 5.92 Å². The summed E-state index contributed by atoms with van der Waals surface area (Å²) in [7, 11) is 0. The van der Waals surface area contributed by atoms with Crippen LogP contribution in [0.1, 0.15) is 60.0 Å². The molecular formula is C25H31F2N5O2S. The summed E-state index contributed by atoms with van der Waals surface area (Å²) in [5.41, 5.74) is 3.36. The van der Waals surface area contributed by atoms with Gasteiger partial charge in [0.25, 0.3) is 17.0 Å². The second kappa shape index (κ2) is 10.2. The molecule has 3 aromatic rings. The third-order valence-electron chi connectivity index (χ3n) is 6.95. The van der Waals surface area contributed by atoms with Gasteiger partial charge < -0.3 is 15.0 Å². The summed E-state index contributed by atoms with van der Waals surface area (Å²) in [4.78, 5) is 27.9. The third-order valence-corrected chi connectivity index (χ3v) is 8.02. The Labute approximate surface area is 207 Å². The van der Waals surface area contributed by atoms with E-state index in [1.54, 1.807) is 6.33 Å². The Balaban J connectivity index is 1.04. The molecule has 1 amide bonds. The minimum absolute atomic E-state index is 0.0247. The van der Waals surface area contributed by atoms with E-state index in [4.69, 9.17) is 4.74 Å². The quantitative estimate of drug-likeness (QED) is 0.462. The monoisotopic (exact) mass is 503 g/mol. The third kappa shape index (κ3) is 6.16. The fourth-order valence-electron chi connectivity index (χ4n) is 4.98. The van der Waals surface area contributed by atoms with Crippen LogP contribution >= 0.6 is 11.3 Å². The number of hydrogen-bond donors (Lipinski definition) is 2. The molecule has 1 aromatic carbocycles. The molecule has 1 aliphatic carbocycles. The van der Waals surface area contributed by atoms with Crippen LogP contribution < -0.4 is 10.1 Å². The lowest BCUT2D eigenvalue weighted by atomic mass is 9.84. The van der Waals surface area contributed by atoms with Crippen LogP contribution in [0.15, 0.2) is 24.5 Å². The van der Waals surface area contributed by atoms with Crippen LogP contribution in [0.5, 0.6) is 5.19 Å². The van der Waals surface area contributed by atoms with Crippen molar-refractivity contribution in [3.63, 3.8) is 0 Å². The van der Waals surface area contributed by atoms with E-state index in [0.717, 1.165) is 86.7 Å². The van der Waals surface area contributed by atoms with E-state index < -0.39 is 12.5 Å². The highest BCUT2D eigenvalue weighted by atomic mass is 32.1. The number of carbonyl (C=O) groups is 1. The fraction of sp³-hybridized carbons (Fsp3) is 0.560. The minimum atomic E-state index is -2.85. The van der Waals surface area contributed by atoms with E-state index in [0.29, 0.717) is 16.7 Å². The van der Waals surface area contributed by atoms with Gasteiger partial charge >= 0.3 is 0 Å². The molecule has 35 heavy (non-hydrogen) atoms. The summed E-state index contributed by atoms with van der Waals surface area (Å²) in [6.07, 6.45) is 7.89. The van der Waals surface area contributed by atoms with Crippen LogP contribution in [0.25, 0.3) is 11.0 Å². The second-order valence-corrected chi connectivity index (χ2v) is 10.9. The van der Waals surface area contributed by atoms with Gasteiger partial charge in [0.1, 0.15) is 0 Å². The SMILES string of the molecule is CC(F)(F)COc1nc2c(s1)CCN(CCC1CCC(NC(=O)c3ccc4nc[nH]c4c3)CC1)C2. The highest BCUT2D eigenvalue weighted by Gasteiger charge is 2.27. The maximum atomic E-state index is 13.1. The van der Waals surface area contributed by atoms with Crippen molar-refractivity contribution in [1.29, 1.82) is 0 Å². The Kier molecular flexibility index (Phi) is 7.02. The number of ether oxygens (including phenoxy) is 1. The van der Waals surface area contributed by atoms with Gasteiger partial charge in [0, 0.05) is 36.5 Å². The molecule has 10 heteroatoms. The van der Waals surface area contributed by atoms with Gasteiger partial charge in [-0.15, -0.1) is 0 Å². The van der Waals surface area contributed by atoms with Crippen molar-refractivity contribution in [2.24, 2.45) is 5.92 Å². The number of thiazole rings is 1. The van der Waals surface area contributed by atoms with Gasteiger partial charge in [0.05, 0.1) is 23.1 Å². The zero-order chi connectivity index (χ0) is 24.4. The summed E-state index contributed by atoms with van der Waals surface area (Å²) < 4.78 is 31.3. The number of H-pyrrole nitrogens is 1. The minimum Gasteiger partial charge on any atom is -0.464 e. The molecule has 1 aliphatic heterocycles. The number of amides is 1. The Morgan fingerprint density at radius 2 is 2.14 bits per heavy atom. The molecule has 5 rings (SSSR count). The number of halogens is 2. The highest BCUT2D eigenvalue weighted by molar-refractivity contribution is 7.13. The topological polar surface area (TPSA) is 83.1 Å². The fourth-order valence-corrected chi connectivity index (χ4v) is 5.88. The lowest BCUT2D eigenvalue weighted by molar-refractivity contribution is -0.0230. The molecule has 188 valence electrons. The van der Waals surface area contributed by atoms with Crippen molar-refractivity contribution >= 4 is 28.3 Å². The lowest BCUT2D eigenvalue weighted by Crippen LogP contribution is -2.38. The number of alkyl halides is 2. The molecule has 7 nitrogen and oxygen atoms in total. The normalized spacial score (nSPS) is 21.1. The first kappa shape index (κ1) is 24.1. The molecule has 2 aromatic heterocycles. The van der Waals surface area contributed by atoms with Gasteiger partial charge in [-0.05, 0) is 69.2 Å². The first-order valence-corrected chi connectivity index (χ1v) is 13.1. The molecule has 1 fully saturated rings. The number of aromatic nitrogens is 3. The van der Waals surface area contributed by atoms with E-state index >= 15 is 0 Å². The van der Waals surface area contributed by atoms with Crippen molar-refractivity contribution in [2.75, 3.05) is 19.7 Å². The van der Waals surface area contributed by atoms with Crippen LogP contribution in [0.2, 0.25) is 0 Å². The van der Waals surface area contributed by atoms with Crippen molar-refractivity contribution in [2.45, 2.75) is 64.0 Å². The number of nitrogens with one attached hydrogen (secondary N) is 2. The number of benzene rings is 1. The average Bonchev–Trinajstić information content (AvgIpc) is 3.47. The van der Waals surface area contributed by atoms with Crippen LogP contribution in [0.4, 0.5) is 8.78 Å². The summed E-state index contributed by atoms with van der Waals surface area (Å²) in [5, 5.41) is 3.55. The largest absolute Gasteiger partial charge is 0.464 e. The summed E-state index contributed by atoms with van der Waals surface area (Å²) >= 11 is 1.40. The number of aromatic amines is 1. The molecule has 0 unspecified atom stereocenters. The van der Waals surface area contributed by atoms with Gasteiger partial charge in [-0.1, -0.05) is 11.3 Å². The molecule has 0 spiro atoms. The Morgan fingerprint density at radius 3 is 2.94 bits per heavy atom. The molecular weight excluding hydrogens is 472 g/mol. The zero-order valence-electron chi connectivity index (χ0n) is 19.9. The molecule has 0 radical (unpaired) electrons. The van der Waals surface area contributed by atoms with Gasteiger partial charge in [-0.3, -0.25) is 9.69 Å². The van der Waals surface area contributed by atoms with Gasteiger partial charge in [-0.25, -0.2) is 18.7 Å². The van der Waals surface area contributed by atoms with E-state index in [1.807, 2.05) is 18.2 Å². The molecule has 2 N–H and O–H groups in total. The summed E-state index contributed by atoms with van der Waals surface area (Å²) in [6.45, 7) is 2.94. The van der Waals surface area contributed by atoms with Crippen LogP contribution in [-0.2, 0) is 13.0 Å². The van der Waals surface area contributed by atoms with Gasteiger partial charge in [0.2, 0.25) is 0 Å². The van der Waals surface area contributed by atoms with Crippen LogP contribution in [-0.4, -0.2) is 57.4 Å². The maximum Gasteiger partial charge on any atom is 0.278 e. The molecule has 1 saturated carbocycles. The standard InChI is InChI=1S/C25H31F2N5O2S/c1-25(26,27)14-34-24-31-21-13-32(11-9-22(21)35-24)10-8-16-2-5-18(6-3-16)30-23(33)17-4-7-19-20(12-17)29-15-28-19/h4,7,12,15-16,18H,2-3,5-6,8-11,13-14H2,1H3,(H,28,29)(H,30,33). The number of nitrogens with zero attached hydrogens (tertiary/aromatic N) is 3. The molecule has 0 saturated heterocycles. The number of carbonyl (C=O) groups excluding carboxylic acids is 1. The number of imidazole rings is 1. The van der Waals surface area contributed by atoms with E-state index in [2.05, 4.69) is 25.2 Å². The lowest BCUT2D eigenvalue weighted by Gasteiger charge is -2.32. The highest BCUT2D eigenvalue weighted by Crippen LogP contribution is 2.32. The Bertz CT molecular complexity index is 1170. The van der Waals surface area contributed by atoms with Crippen molar-refractivity contribution < 1.29 is 18.3 Å². The first-order valence-electron chi connectivity index (χ1n) is 12.3. The smallest absolute Gasteiger partial charge is 0.278 e. The molecule has 0 atom stereocenters. The maximum absolute atomic E-state index is 13.1. The average molecular weight is 504 g/mol. The number of fused-ring (bicyclic) bond motifs is 2. The van der Waals surface area contributed by atoms with Crippen molar-refractivity contribution in [1.82, 2.24) is 25.2 Å². The first-order chi connectivity index (χ1) is 16.8. The van der Waals surface area contributed by atoms with Gasteiger partial charge in [0.15, 0.2) is 6.61 Å². The Morgan fingerprint density at radius 1 is 1.31 bits per heavy atom. The molecule has 2 aliphatic rings. The van der Waals surface area contributed by atoms with E-state index in [9.17, 15) is 13.6 Å². The van der Waals surface area contributed by atoms with Crippen LogP contribution in [0.3, 0.4) is 0 Å². The number of hydrogen-bond acceptors (Lipinski definition) is 6. The predicted molar refractivity (Wildman–Crippen MR) is 131 cm³/mol. The second-order valence-electron chi connectivity index (χ2n) is 9.85. The van der Waals surface area contributed by atoms with Crippen molar-refractivity contribution in [3.8, 4) is 5.19 Å². The van der Waals surface area contributed by atoms with Gasteiger partial charge in [-0.2, -0.15) is 0 Å². The summed E-state index contributed by atoms with van der Waals surface area (Å²) in [5.74, 6) is -2.22. The molecule has 3 heterocycles. The Hall–Kier alpha value is -2.59. The van der Waals surface area contributed by atoms with E-state index in [-0.39, 0.29) is 11.9 Å².